The minimum Gasteiger partial charge on any atom is -0.380 e. The number of carbonyl (C=O) groups is 1. The number of nitrogens with zero attached hydrogens (tertiary/aromatic N) is 1. The molecule has 0 aliphatic rings. The Bertz CT molecular complexity index is 611. The summed E-state index contributed by atoms with van der Waals surface area (Å²) in [5.74, 6) is -0.647. The number of hydrogen-bond acceptors (Lipinski definition) is 3. The van der Waals surface area contributed by atoms with Crippen molar-refractivity contribution < 1.29 is 9.18 Å². The van der Waals surface area contributed by atoms with E-state index in [1.807, 2.05) is 0 Å². The maximum Gasteiger partial charge on any atom is 0.257 e. The summed E-state index contributed by atoms with van der Waals surface area (Å²) in [6.07, 6.45) is 4.81. The number of nitrogens with one attached hydrogen (secondary N) is 2. The van der Waals surface area contributed by atoms with Crippen LogP contribution in [0.15, 0.2) is 55.4 Å². The van der Waals surface area contributed by atoms with E-state index < -0.39 is 0 Å². The van der Waals surface area contributed by atoms with E-state index in [1.54, 1.807) is 18.3 Å². The average molecular weight is 271 g/mol. The molecule has 4 nitrogen and oxygen atoms in total. The molecule has 5 heteroatoms. The highest BCUT2D eigenvalue weighted by Crippen LogP contribution is 2.12. The van der Waals surface area contributed by atoms with Crippen LogP contribution in [0.25, 0.3) is 0 Å². The first-order valence-corrected chi connectivity index (χ1v) is 6.06. The summed E-state index contributed by atoms with van der Waals surface area (Å²) in [5.41, 5.74) is 1.68. The molecule has 0 unspecified atom stereocenters. The predicted molar refractivity (Wildman–Crippen MR) is 77.3 cm³/mol. The van der Waals surface area contributed by atoms with Crippen LogP contribution < -0.4 is 10.6 Å². The van der Waals surface area contributed by atoms with E-state index in [-0.39, 0.29) is 11.7 Å². The van der Waals surface area contributed by atoms with Gasteiger partial charge in [0, 0.05) is 24.6 Å². The molecule has 2 N–H and O–H groups in total. The van der Waals surface area contributed by atoms with Crippen molar-refractivity contribution in [3.8, 4) is 0 Å². The number of halogens is 1. The lowest BCUT2D eigenvalue weighted by Crippen LogP contribution is -2.12. The second-order valence-corrected chi connectivity index (χ2v) is 4.09. The molecule has 2 rings (SSSR count). The number of hydrogen-bond donors (Lipinski definition) is 2. The van der Waals surface area contributed by atoms with Gasteiger partial charge in [-0.15, -0.1) is 6.58 Å². The Labute approximate surface area is 116 Å². The van der Waals surface area contributed by atoms with Crippen LogP contribution in [0, 0.1) is 5.82 Å². The second-order valence-electron chi connectivity index (χ2n) is 4.09. The van der Waals surface area contributed by atoms with Crippen molar-refractivity contribution in [2.75, 3.05) is 17.2 Å². The van der Waals surface area contributed by atoms with Crippen LogP contribution in [0.3, 0.4) is 0 Å². The summed E-state index contributed by atoms with van der Waals surface area (Å²) in [6.45, 7) is 4.19. The van der Waals surface area contributed by atoms with Crippen molar-refractivity contribution in [3.63, 3.8) is 0 Å². The van der Waals surface area contributed by atoms with Gasteiger partial charge < -0.3 is 10.6 Å². The summed E-state index contributed by atoms with van der Waals surface area (Å²) in [4.78, 5) is 16.0. The SMILES string of the molecule is C=CCNc1cncc(C(=O)Nc2ccc(F)cc2)c1. The number of amides is 1. The van der Waals surface area contributed by atoms with Crippen LogP contribution in [0.5, 0.6) is 0 Å². The van der Waals surface area contributed by atoms with Crippen LogP contribution in [0.2, 0.25) is 0 Å². The molecular weight excluding hydrogens is 257 g/mol. The lowest BCUT2D eigenvalue weighted by Gasteiger charge is -2.07. The Morgan fingerprint density at radius 3 is 2.70 bits per heavy atom. The van der Waals surface area contributed by atoms with Gasteiger partial charge in [0.2, 0.25) is 0 Å². The van der Waals surface area contributed by atoms with Gasteiger partial charge in [-0.2, -0.15) is 0 Å². The fourth-order valence-electron chi connectivity index (χ4n) is 1.59. The lowest BCUT2D eigenvalue weighted by molar-refractivity contribution is 0.102. The second kappa shape index (κ2) is 6.47. The summed E-state index contributed by atoms with van der Waals surface area (Å²) in [5, 5.41) is 5.73. The molecule has 1 aromatic carbocycles. The highest BCUT2D eigenvalue weighted by Gasteiger charge is 2.07. The van der Waals surface area contributed by atoms with Gasteiger partial charge in [-0.25, -0.2) is 4.39 Å². The van der Waals surface area contributed by atoms with E-state index in [0.717, 1.165) is 5.69 Å². The first kappa shape index (κ1) is 13.7. The van der Waals surface area contributed by atoms with Crippen LogP contribution >= 0.6 is 0 Å². The molecule has 0 aliphatic carbocycles. The summed E-state index contributed by atoms with van der Waals surface area (Å²) < 4.78 is 12.8. The third-order valence-electron chi connectivity index (χ3n) is 2.55. The van der Waals surface area contributed by atoms with E-state index in [4.69, 9.17) is 0 Å². The van der Waals surface area contributed by atoms with E-state index in [9.17, 15) is 9.18 Å². The molecule has 2 aromatic rings. The molecule has 0 saturated heterocycles. The molecule has 0 spiro atoms. The third kappa shape index (κ3) is 3.65. The van der Waals surface area contributed by atoms with Gasteiger partial charge >= 0.3 is 0 Å². The Morgan fingerprint density at radius 1 is 1.25 bits per heavy atom. The Hall–Kier alpha value is -2.69. The van der Waals surface area contributed by atoms with Gasteiger partial charge in [0.25, 0.3) is 5.91 Å². The first-order chi connectivity index (χ1) is 9.69. The standard InChI is InChI=1S/C15H14FN3O/c1-2-7-18-14-8-11(9-17-10-14)15(20)19-13-5-3-12(16)4-6-13/h2-6,8-10,18H,1,7H2,(H,19,20). The van der Waals surface area contributed by atoms with Crippen LogP contribution in [0.4, 0.5) is 15.8 Å². The number of aromatic nitrogens is 1. The maximum absolute atomic E-state index is 12.8. The highest BCUT2D eigenvalue weighted by molar-refractivity contribution is 6.04. The topological polar surface area (TPSA) is 54.0 Å². The van der Waals surface area contributed by atoms with Crippen molar-refractivity contribution in [1.29, 1.82) is 0 Å². The quantitative estimate of drug-likeness (QED) is 0.822. The van der Waals surface area contributed by atoms with Crippen molar-refractivity contribution in [2.24, 2.45) is 0 Å². The molecule has 1 amide bonds. The summed E-state index contributed by atoms with van der Waals surface area (Å²) >= 11 is 0. The Morgan fingerprint density at radius 2 is 2.00 bits per heavy atom. The summed E-state index contributed by atoms with van der Waals surface area (Å²) in [6, 6.07) is 7.27. The number of carbonyl (C=O) groups excluding carboxylic acids is 1. The third-order valence-corrected chi connectivity index (χ3v) is 2.55. The van der Waals surface area contributed by atoms with E-state index in [0.29, 0.717) is 17.8 Å². The van der Waals surface area contributed by atoms with Crippen LogP contribution in [0.1, 0.15) is 10.4 Å². The fourth-order valence-corrected chi connectivity index (χ4v) is 1.59. The van der Waals surface area contributed by atoms with Gasteiger partial charge in [-0.1, -0.05) is 6.08 Å². The van der Waals surface area contributed by atoms with Crippen LogP contribution in [-0.4, -0.2) is 17.4 Å². The molecule has 0 radical (unpaired) electrons. The number of benzene rings is 1. The fraction of sp³-hybridized carbons (Fsp3) is 0.0667. The minimum absolute atomic E-state index is 0.300. The van der Waals surface area contributed by atoms with E-state index in [1.165, 1.54) is 30.5 Å². The van der Waals surface area contributed by atoms with Crippen molar-refractivity contribution >= 4 is 17.3 Å². The van der Waals surface area contributed by atoms with Gasteiger partial charge in [0.15, 0.2) is 0 Å². The highest BCUT2D eigenvalue weighted by atomic mass is 19.1. The maximum atomic E-state index is 12.8. The lowest BCUT2D eigenvalue weighted by atomic mass is 10.2. The van der Waals surface area contributed by atoms with Gasteiger partial charge in [0.1, 0.15) is 5.82 Å². The number of pyridine rings is 1. The van der Waals surface area contributed by atoms with Gasteiger partial charge in [-0.3, -0.25) is 9.78 Å². The van der Waals surface area contributed by atoms with Crippen molar-refractivity contribution in [2.45, 2.75) is 0 Å². The molecule has 0 atom stereocenters. The van der Waals surface area contributed by atoms with Gasteiger partial charge in [-0.05, 0) is 30.3 Å². The number of anilines is 2. The molecule has 0 bridgehead atoms. The predicted octanol–water partition coefficient (Wildman–Crippen LogP) is 3.07. The van der Waals surface area contributed by atoms with Crippen molar-refractivity contribution in [3.05, 3.63) is 66.8 Å². The average Bonchev–Trinajstić information content (AvgIpc) is 2.48. The van der Waals surface area contributed by atoms with Crippen molar-refractivity contribution in [1.82, 2.24) is 4.98 Å². The minimum atomic E-state index is -0.347. The van der Waals surface area contributed by atoms with E-state index in [2.05, 4.69) is 22.2 Å². The monoisotopic (exact) mass is 271 g/mol. The van der Waals surface area contributed by atoms with Gasteiger partial charge in [0.05, 0.1) is 11.3 Å². The molecule has 1 aromatic heterocycles. The molecule has 0 fully saturated rings. The Balaban J connectivity index is 2.08. The number of rotatable bonds is 5. The zero-order valence-electron chi connectivity index (χ0n) is 10.8. The molecule has 20 heavy (non-hydrogen) atoms. The molecule has 0 saturated carbocycles. The molecular formula is C15H14FN3O. The molecule has 1 heterocycles. The first-order valence-electron chi connectivity index (χ1n) is 6.06. The van der Waals surface area contributed by atoms with Crippen LogP contribution in [-0.2, 0) is 0 Å². The largest absolute Gasteiger partial charge is 0.380 e. The molecule has 0 aliphatic heterocycles. The summed E-state index contributed by atoms with van der Waals surface area (Å²) in [7, 11) is 0. The smallest absolute Gasteiger partial charge is 0.257 e. The normalized spacial score (nSPS) is 9.85. The Kier molecular flexibility index (Phi) is 4.44. The molecule has 102 valence electrons. The zero-order valence-corrected chi connectivity index (χ0v) is 10.8. The zero-order chi connectivity index (χ0) is 14.4. The van der Waals surface area contributed by atoms with E-state index >= 15 is 0 Å².